The van der Waals surface area contributed by atoms with E-state index in [0.717, 1.165) is 18.4 Å². The molecule has 5 heteroatoms. The van der Waals surface area contributed by atoms with Crippen LogP contribution in [0.1, 0.15) is 25.8 Å². The van der Waals surface area contributed by atoms with Crippen molar-refractivity contribution in [3.8, 4) is 0 Å². The molecule has 0 N–H and O–H groups in total. The van der Waals surface area contributed by atoms with Crippen LogP contribution in [0.2, 0.25) is 0 Å². The Labute approximate surface area is 75.6 Å². The smallest absolute Gasteiger partial charge is 0.244 e. The monoisotopic (exact) mass is 180 g/mol. The van der Waals surface area contributed by atoms with Gasteiger partial charge >= 0.3 is 5.69 Å². The minimum absolute atomic E-state index is 0.120. The molecule has 0 spiro atoms. The zero-order valence-electron chi connectivity index (χ0n) is 7.60. The molecule has 1 aliphatic rings. The maximum absolute atomic E-state index is 11.5. The minimum atomic E-state index is -0.120. The van der Waals surface area contributed by atoms with E-state index in [9.17, 15) is 4.79 Å². The Morgan fingerprint density at radius 3 is 2.85 bits per heavy atom. The minimum Gasteiger partial charge on any atom is -0.244 e. The largest absolute Gasteiger partial charge is 0.364 e. The number of allylic oxidation sites excluding steroid dienone is 1. The maximum Gasteiger partial charge on any atom is 0.364 e. The van der Waals surface area contributed by atoms with Gasteiger partial charge in [-0.25, -0.2) is 4.79 Å². The Balaban J connectivity index is 2.27. The van der Waals surface area contributed by atoms with E-state index in [1.807, 2.05) is 6.92 Å². The molecule has 0 radical (unpaired) electrons. The molecule has 1 aromatic rings. The third-order valence-corrected chi connectivity index (χ3v) is 1.97. The molecule has 0 aliphatic heterocycles. The quantitative estimate of drug-likeness (QED) is 0.631. The third kappa shape index (κ3) is 1.54. The summed E-state index contributed by atoms with van der Waals surface area (Å²) in [5.41, 5.74) is 0.787. The molecule has 1 aliphatic carbocycles. The Morgan fingerprint density at radius 2 is 2.31 bits per heavy atom. The highest BCUT2D eigenvalue weighted by Crippen LogP contribution is 2.32. The zero-order chi connectivity index (χ0) is 9.42. The lowest BCUT2D eigenvalue weighted by atomic mass is 10.4. The maximum atomic E-state index is 11.5. The van der Waals surface area contributed by atoms with Crippen LogP contribution in [0.4, 0.5) is 0 Å². The van der Waals surface area contributed by atoms with Crippen molar-refractivity contribution >= 4 is 0 Å². The van der Waals surface area contributed by atoms with Gasteiger partial charge in [-0.15, -0.1) is 0 Å². The van der Waals surface area contributed by atoms with Crippen LogP contribution in [0.5, 0.6) is 0 Å². The van der Waals surface area contributed by atoms with Crippen LogP contribution in [-0.2, 0) is 6.54 Å². The zero-order valence-corrected chi connectivity index (χ0v) is 7.60. The fourth-order valence-electron chi connectivity index (χ4n) is 1.19. The molecular weight excluding hydrogens is 168 g/mol. The molecule has 0 saturated heterocycles. The molecule has 0 bridgehead atoms. The van der Waals surface area contributed by atoms with Gasteiger partial charge in [-0.2, -0.15) is 9.36 Å². The van der Waals surface area contributed by atoms with Gasteiger partial charge in [0.15, 0.2) is 0 Å². The van der Waals surface area contributed by atoms with Crippen molar-refractivity contribution in [2.24, 2.45) is 0 Å². The van der Waals surface area contributed by atoms with Gasteiger partial charge in [0, 0.05) is 0 Å². The number of aromatic nitrogens is 4. The van der Waals surface area contributed by atoms with Crippen molar-refractivity contribution in [3.05, 3.63) is 22.6 Å². The highest BCUT2D eigenvalue weighted by atomic mass is 16.2. The Bertz CT molecular complexity index is 385. The SMILES string of the molecule is C=C(C)Cn1nnn(C2CC2)c1=O. The van der Waals surface area contributed by atoms with Gasteiger partial charge in [0.25, 0.3) is 0 Å². The van der Waals surface area contributed by atoms with Gasteiger partial charge in [0.2, 0.25) is 0 Å². The highest BCUT2D eigenvalue weighted by molar-refractivity contribution is 4.88. The molecule has 0 unspecified atom stereocenters. The lowest BCUT2D eigenvalue weighted by Gasteiger charge is -1.95. The van der Waals surface area contributed by atoms with Crippen LogP contribution in [0.15, 0.2) is 16.9 Å². The summed E-state index contributed by atoms with van der Waals surface area (Å²) in [5.74, 6) is 0. The molecule has 2 rings (SSSR count). The standard InChI is InChI=1S/C8H12N4O/c1-6(2)5-11-8(13)12(10-9-11)7-3-4-7/h7H,1,3-5H2,2H3. The van der Waals surface area contributed by atoms with Gasteiger partial charge < -0.3 is 0 Å². The van der Waals surface area contributed by atoms with Gasteiger partial charge in [0.1, 0.15) is 0 Å². The van der Waals surface area contributed by atoms with Crippen molar-refractivity contribution in [2.45, 2.75) is 32.4 Å². The van der Waals surface area contributed by atoms with E-state index in [1.54, 1.807) is 0 Å². The molecule has 5 nitrogen and oxygen atoms in total. The molecule has 0 atom stereocenters. The Morgan fingerprint density at radius 1 is 1.62 bits per heavy atom. The van der Waals surface area contributed by atoms with E-state index in [2.05, 4.69) is 17.0 Å². The van der Waals surface area contributed by atoms with Crippen LogP contribution in [0, 0.1) is 0 Å². The van der Waals surface area contributed by atoms with Crippen molar-refractivity contribution in [3.63, 3.8) is 0 Å². The van der Waals surface area contributed by atoms with Crippen molar-refractivity contribution in [1.29, 1.82) is 0 Å². The van der Waals surface area contributed by atoms with Crippen molar-refractivity contribution in [2.75, 3.05) is 0 Å². The summed E-state index contributed by atoms with van der Waals surface area (Å²) in [7, 11) is 0. The average Bonchev–Trinajstić information content (AvgIpc) is 2.81. The van der Waals surface area contributed by atoms with Crippen LogP contribution < -0.4 is 5.69 Å². The normalized spacial score (nSPS) is 16.1. The molecule has 1 aromatic heterocycles. The van der Waals surface area contributed by atoms with E-state index in [-0.39, 0.29) is 5.69 Å². The van der Waals surface area contributed by atoms with Crippen LogP contribution in [0.3, 0.4) is 0 Å². The number of rotatable bonds is 3. The second-order valence-electron chi connectivity index (χ2n) is 3.55. The van der Waals surface area contributed by atoms with E-state index >= 15 is 0 Å². The van der Waals surface area contributed by atoms with E-state index in [4.69, 9.17) is 0 Å². The number of hydrogen-bond donors (Lipinski definition) is 0. The summed E-state index contributed by atoms with van der Waals surface area (Å²) in [4.78, 5) is 11.5. The van der Waals surface area contributed by atoms with E-state index in [1.165, 1.54) is 9.36 Å². The van der Waals surface area contributed by atoms with Crippen LogP contribution in [-0.4, -0.2) is 19.8 Å². The first-order valence-corrected chi connectivity index (χ1v) is 4.35. The predicted octanol–water partition coefficient (Wildman–Crippen LogP) is 0.351. The van der Waals surface area contributed by atoms with Crippen LogP contribution >= 0.6 is 0 Å². The first-order chi connectivity index (χ1) is 6.18. The van der Waals surface area contributed by atoms with Crippen molar-refractivity contribution in [1.82, 2.24) is 19.8 Å². The summed E-state index contributed by atoms with van der Waals surface area (Å²) in [6, 6.07) is 0.298. The topological polar surface area (TPSA) is 52.7 Å². The Hall–Kier alpha value is -1.39. The molecular formula is C8H12N4O. The van der Waals surface area contributed by atoms with Gasteiger partial charge in [-0.1, -0.05) is 12.2 Å². The molecule has 1 fully saturated rings. The molecule has 70 valence electrons. The molecule has 0 aromatic carbocycles. The van der Waals surface area contributed by atoms with Gasteiger partial charge in [-0.05, 0) is 30.2 Å². The molecule has 1 saturated carbocycles. The lowest BCUT2D eigenvalue weighted by Crippen LogP contribution is -2.25. The second kappa shape index (κ2) is 2.83. The number of hydrogen-bond acceptors (Lipinski definition) is 3. The predicted molar refractivity (Wildman–Crippen MR) is 47.4 cm³/mol. The molecule has 13 heavy (non-hydrogen) atoms. The summed E-state index contributed by atoms with van der Waals surface area (Å²) in [6.45, 7) is 6.05. The van der Waals surface area contributed by atoms with Gasteiger partial charge in [-0.3, -0.25) is 0 Å². The summed E-state index contributed by atoms with van der Waals surface area (Å²) >= 11 is 0. The average molecular weight is 180 g/mol. The second-order valence-corrected chi connectivity index (χ2v) is 3.55. The third-order valence-electron chi connectivity index (χ3n) is 1.97. The lowest BCUT2D eigenvalue weighted by molar-refractivity contribution is 0.593. The van der Waals surface area contributed by atoms with E-state index in [0.29, 0.717) is 12.6 Å². The first kappa shape index (κ1) is 8.22. The van der Waals surface area contributed by atoms with Crippen LogP contribution in [0.25, 0.3) is 0 Å². The number of nitrogens with zero attached hydrogens (tertiary/aromatic N) is 4. The number of tetrazole rings is 1. The summed E-state index contributed by atoms with van der Waals surface area (Å²) in [5, 5.41) is 7.58. The summed E-state index contributed by atoms with van der Waals surface area (Å²) in [6.07, 6.45) is 2.09. The Kier molecular flexibility index (Phi) is 1.79. The van der Waals surface area contributed by atoms with Crippen molar-refractivity contribution < 1.29 is 0 Å². The fourth-order valence-corrected chi connectivity index (χ4v) is 1.19. The van der Waals surface area contributed by atoms with E-state index < -0.39 is 0 Å². The fraction of sp³-hybridized carbons (Fsp3) is 0.625. The highest BCUT2D eigenvalue weighted by Gasteiger charge is 2.27. The first-order valence-electron chi connectivity index (χ1n) is 4.35. The molecule has 0 amide bonds. The van der Waals surface area contributed by atoms with Gasteiger partial charge in [0.05, 0.1) is 12.6 Å². The molecule has 1 heterocycles. The summed E-state index contributed by atoms with van der Waals surface area (Å²) < 4.78 is 2.81.